The van der Waals surface area contributed by atoms with Crippen molar-refractivity contribution < 1.29 is 35.8 Å². The maximum atomic E-state index is 10.4. The van der Waals surface area contributed by atoms with E-state index in [0.717, 1.165) is 48.5 Å². The van der Waals surface area contributed by atoms with Crippen LogP contribution < -0.4 is 0 Å². The van der Waals surface area contributed by atoms with E-state index >= 15 is 0 Å². The molecule has 0 aromatic heterocycles. The summed E-state index contributed by atoms with van der Waals surface area (Å²) in [6, 6.07) is 7.96. The molecule has 140 valence electrons. The van der Waals surface area contributed by atoms with Gasteiger partial charge < -0.3 is 9.11 Å². The fourth-order valence-corrected chi connectivity index (χ4v) is 2.53. The number of nitrogens with zero attached hydrogens (tertiary/aromatic N) is 2. The molecule has 0 saturated carbocycles. The van der Waals surface area contributed by atoms with Crippen molar-refractivity contribution in [1.29, 1.82) is 0 Å². The van der Waals surface area contributed by atoms with Crippen LogP contribution in [0.1, 0.15) is 0 Å². The number of hydrogen-bond donors (Lipinski definition) is 0. The van der Waals surface area contributed by atoms with E-state index in [-0.39, 0.29) is 37.7 Å². The van der Waals surface area contributed by atoms with Crippen LogP contribution in [0.2, 0.25) is 0 Å². The van der Waals surface area contributed by atoms with Gasteiger partial charge in [-0.15, -0.1) is 0 Å². The third-order valence-electron chi connectivity index (χ3n) is 2.63. The van der Waals surface area contributed by atoms with Crippen LogP contribution in [0.5, 0.6) is 0 Å². The minimum Gasteiger partial charge on any atom is -0.744 e. The van der Waals surface area contributed by atoms with Gasteiger partial charge in [0.2, 0.25) is 0 Å². The summed E-state index contributed by atoms with van der Waals surface area (Å²) in [4.78, 5) is 17.6. The van der Waals surface area contributed by atoms with Gasteiger partial charge in [-0.3, -0.25) is 20.2 Å². The topological polar surface area (TPSA) is 201 Å². The Morgan fingerprint density at radius 2 is 0.963 bits per heavy atom. The Labute approximate surface area is 182 Å². The van der Waals surface area contributed by atoms with Gasteiger partial charge in [-0.25, -0.2) is 16.8 Å². The van der Waals surface area contributed by atoms with Crippen molar-refractivity contribution in [3.8, 4) is 0 Å². The smallest absolute Gasteiger partial charge is 0.744 e. The molecule has 0 saturated heterocycles. The zero-order valence-corrected chi connectivity index (χ0v) is 17.0. The Hall–Kier alpha value is -1.68. The SMILES string of the molecule is O=[N+]([O-])c1cccc(S(=O)(=O)[O-])c1.O=[N+]([O-])c1cccc(S(=O)(=O)[O-])c1.[Ca+2]. The van der Waals surface area contributed by atoms with Gasteiger partial charge in [0.05, 0.1) is 19.6 Å². The third-order valence-corrected chi connectivity index (χ3v) is 4.30. The molecule has 0 aliphatic rings. The molecule has 0 amide bonds. The van der Waals surface area contributed by atoms with Gasteiger partial charge in [0.1, 0.15) is 20.2 Å². The van der Waals surface area contributed by atoms with Crippen LogP contribution in [-0.2, 0) is 20.2 Å². The van der Waals surface area contributed by atoms with Crippen LogP contribution in [0.15, 0.2) is 58.3 Å². The van der Waals surface area contributed by atoms with E-state index in [9.17, 15) is 46.2 Å². The summed E-state index contributed by atoms with van der Waals surface area (Å²) in [5.74, 6) is 0. The summed E-state index contributed by atoms with van der Waals surface area (Å²) in [5.41, 5.74) is -0.839. The molecule has 2 aromatic carbocycles. The summed E-state index contributed by atoms with van der Waals surface area (Å²) in [5, 5.41) is 20.4. The number of nitro groups is 2. The van der Waals surface area contributed by atoms with Gasteiger partial charge in [0.25, 0.3) is 11.4 Å². The van der Waals surface area contributed by atoms with Crippen LogP contribution in [0.4, 0.5) is 11.4 Å². The molecule has 2 aromatic rings. The molecule has 2 rings (SSSR count). The number of benzene rings is 2. The maximum absolute atomic E-state index is 10.4. The summed E-state index contributed by atoms with van der Waals surface area (Å²) in [6.07, 6.45) is 0. The fourth-order valence-electron chi connectivity index (χ4n) is 1.51. The van der Waals surface area contributed by atoms with Crippen LogP contribution in [0.3, 0.4) is 0 Å². The molecule has 27 heavy (non-hydrogen) atoms. The van der Waals surface area contributed by atoms with Crippen molar-refractivity contribution in [2.75, 3.05) is 0 Å². The Balaban J connectivity index is 0.000000483. The second kappa shape index (κ2) is 10.0. The molecule has 0 unspecified atom stereocenters. The normalized spacial score (nSPS) is 10.7. The average Bonchev–Trinajstić information content (AvgIpc) is 2.54. The molecule has 0 aliphatic heterocycles. The van der Waals surface area contributed by atoms with E-state index in [1.54, 1.807) is 0 Å². The molecule has 0 radical (unpaired) electrons. The number of hydrogen-bond acceptors (Lipinski definition) is 10. The molecule has 12 nitrogen and oxygen atoms in total. The van der Waals surface area contributed by atoms with Crippen molar-refractivity contribution in [2.45, 2.75) is 9.79 Å². The van der Waals surface area contributed by atoms with Gasteiger partial charge in [-0.1, -0.05) is 12.1 Å². The fraction of sp³-hybridized carbons (Fsp3) is 0. The standard InChI is InChI=1S/2C6H5NO5S.Ca/c2*8-7(9)5-2-1-3-6(4-5)13(10,11)12;/h2*1-4H,(H,10,11,12);/q;;+2/p-2. The maximum Gasteiger partial charge on any atom is 2.00 e. The van der Waals surface area contributed by atoms with Crippen LogP contribution in [0, 0.1) is 20.2 Å². The van der Waals surface area contributed by atoms with Crippen molar-refractivity contribution in [1.82, 2.24) is 0 Å². The Morgan fingerprint density at radius 3 is 1.19 bits per heavy atom. The van der Waals surface area contributed by atoms with Crippen molar-refractivity contribution in [2.24, 2.45) is 0 Å². The first-order valence-electron chi connectivity index (χ1n) is 6.23. The minimum absolute atomic E-state index is 0. The molecule has 0 atom stereocenters. The van der Waals surface area contributed by atoms with Gasteiger partial charge >= 0.3 is 37.7 Å². The predicted octanol–water partition coefficient (Wildman–Crippen LogP) is 0.617. The van der Waals surface area contributed by atoms with Crippen LogP contribution in [-0.4, -0.2) is 73.5 Å². The van der Waals surface area contributed by atoms with Gasteiger partial charge in [-0.2, -0.15) is 0 Å². The van der Waals surface area contributed by atoms with Gasteiger partial charge in [0, 0.05) is 24.3 Å². The first kappa shape index (κ1) is 25.3. The molecule has 0 fully saturated rings. The summed E-state index contributed by atoms with van der Waals surface area (Å²) >= 11 is 0. The Kier molecular flexibility index (Phi) is 9.40. The largest absolute Gasteiger partial charge is 2.00 e. The second-order valence-corrected chi connectivity index (χ2v) is 7.18. The summed E-state index contributed by atoms with van der Waals surface area (Å²) in [7, 11) is -9.23. The van der Waals surface area contributed by atoms with Gasteiger partial charge in [-0.05, 0) is 12.1 Å². The van der Waals surface area contributed by atoms with Crippen LogP contribution in [0.25, 0.3) is 0 Å². The molecule has 0 aliphatic carbocycles. The zero-order chi connectivity index (χ0) is 20.1. The third kappa shape index (κ3) is 8.25. The number of non-ortho nitro benzene ring substituents is 2. The molecular formula is C12H8CaN2O10S2. The predicted molar refractivity (Wildman–Crippen MR) is 87.9 cm³/mol. The van der Waals surface area contributed by atoms with E-state index in [1.165, 1.54) is 0 Å². The minimum atomic E-state index is -4.61. The molecule has 15 heteroatoms. The molecule has 0 N–H and O–H groups in total. The number of rotatable bonds is 4. The summed E-state index contributed by atoms with van der Waals surface area (Å²) in [6.45, 7) is 0. The molecular weight excluding hydrogens is 436 g/mol. The van der Waals surface area contributed by atoms with Crippen molar-refractivity contribution >= 4 is 69.3 Å². The monoisotopic (exact) mass is 444 g/mol. The average molecular weight is 444 g/mol. The molecule has 0 spiro atoms. The quantitative estimate of drug-likeness (QED) is 0.278. The number of nitro benzene ring substituents is 2. The Morgan fingerprint density at radius 1 is 0.667 bits per heavy atom. The van der Waals surface area contributed by atoms with E-state index in [1.807, 2.05) is 0 Å². The molecule has 0 heterocycles. The first-order valence-corrected chi connectivity index (χ1v) is 9.04. The molecule has 0 bridgehead atoms. The first-order chi connectivity index (χ1) is 11.8. The Bertz CT molecular complexity index is 968. The zero-order valence-electron chi connectivity index (χ0n) is 13.1. The van der Waals surface area contributed by atoms with E-state index in [0.29, 0.717) is 0 Å². The second-order valence-electron chi connectivity index (χ2n) is 4.42. The van der Waals surface area contributed by atoms with Gasteiger partial charge in [0.15, 0.2) is 0 Å². The summed E-state index contributed by atoms with van der Waals surface area (Å²) < 4.78 is 62.6. The van der Waals surface area contributed by atoms with Crippen molar-refractivity contribution in [3.63, 3.8) is 0 Å². The van der Waals surface area contributed by atoms with Crippen molar-refractivity contribution in [3.05, 3.63) is 68.8 Å². The van der Waals surface area contributed by atoms with E-state index in [2.05, 4.69) is 0 Å². The van der Waals surface area contributed by atoms with Crippen LogP contribution >= 0.6 is 0 Å². The van der Waals surface area contributed by atoms with E-state index < -0.39 is 51.2 Å². The van der Waals surface area contributed by atoms with E-state index in [4.69, 9.17) is 0 Å².